The highest BCUT2D eigenvalue weighted by Gasteiger charge is 2.28. The fourth-order valence-electron chi connectivity index (χ4n) is 3.03. The average molecular weight is 259 g/mol. The largest absolute Gasteiger partial charge is 0.317 e. The van der Waals surface area contributed by atoms with Crippen molar-refractivity contribution in [1.29, 1.82) is 0 Å². The minimum absolute atomic E-state index is 0.285. The van der Waals surface area contributed by atoms with Gasteiger partial charge in [0.05, 0.1) is 0 Å². The minimum atomic E-state index is 0.285. The number of nitrogens with one attached hydrogen (secondary N) is 1. The molecule has 0 saturated heterocycles. The van der Waals surface area contributed by atoms with Gasteiger partial charge in [-0.2, -0.15) is 0 Å². The second-order valence-corrected chi connectivity index (χ2v) is 6.60. The zero-order valence-electron chi connectivity index (χ0n) is 12.8. The molecule has 0 aromatic heterocycles. The molecule has 0 amide bonds. The van der Waals surface area contributed by atoms with E-state index in [-0.39, 0.29) is 5.41 Å². The highest BCUT2D eigenvalue weighted by molar-refractivity contribution is 5.37. The molecule has 0 bridgehead atoms. The van der Waals surface area contributed by atoms with E-state index < -0.39 is 0 Å². The lowest BCUT2D eigenvalue weighted by molar-refractivity contribution is 0.398. The fraction of sp³-hybridized carbons (Fsp3) is 0.667. The summed E-state index contributed by atoms with van der Waals surface area (Å²) >= 11 is 0. The van der Waals surface area contributed by atoms with Crippen LogP contribution in [0.3, 0.4) is 0 Å². The van der Waals surface area contributed by atoms with Crippen LogP contribution in [0.4, 0.5) is 0 Å². The monoisotopic (exact) mass is 259 g/mol. The predicted octanol–water partition coefficient (Wildman–Crippen LogP) is 4.62. The predicted molar refractivity (Wildman–Crippen MR) is 83.8 cm³/mol. The van der Waals surface area contributed by atoms with Crippen molar-refractivity contribution in [2.24, 2.45) is 0 Å². The van der Waals surface area contributed by atoms with E-state index in [0.717, 1.165) is 19.0 Å². The van der Waals surface area contributed by atoms with Crippen molar-refractivity contribution in [2.45, 2.75) is 64.2 Å². The minimum Gasteiger partial charge on any atom is -0.317 e. The van der Waals surface area contributed by atoms with Crippen LogP contribution in [-0.2, 0) is 5.41 Å². The second-order valence-electron chi connectivity index (χ2n) is 6.60. The summed E-state index contributed by atoms with van der Waals surface area (Å²) in [5.74, 6) is 0.832. The van der Waals surface area contributed by atoms with Gasteiger partial charge in [-0.1, -0.05) is 51.5 Å². The molecule has 0 spiro atoms. The Labute approximate surface area is 118 Å². The van der Waals surface area contributed by atoms with E-state index >= 15 is 0 Å². The van der Waals surface area contributed by atoms with Gasteiger partial charge in [-0.25, -0.2) is 0 Å². The highest BCUT2D eigenvalue weighted by Crippen LogP contribution is 2.41. The zero-order valence-corrected chi connectivity index (χ0v) is 12.8. The molecule has 1 aromatic rings. The van der Waals surface area contributed by atoms with Gasteiger partial charge in [-0.3, -0.25) is 0 Å². The Hall–Kier alpha value is -0.820. The molecule has 106 valence electrons. The Morgan fingerprint density at radius 2 is 1.89 bits per heavy atom. The lowest BCUT2D eigenvalue weighted by Crippen LogP contribution is -2.28. The van der Waals surface area contributed by atoms with Gasteiger partial charge in [-0.05, 0) is 61.2 Å². The third kappa shape index (κ3) is 3.60. The standard InChI is InChI=1S/C18H29N/c1-4-13-19-14-12-18(2,3)17-11-6-5-10-16(17)15-8-7-9-15/h5-6,10-11,15,19H,4,7-9,12-14H2,1-3H3. The van der Waals surface area contributed by atoms with Gasteiger partial charge in [0.15, 0.2) is 0 Å². The van der Waals surface area contributed by atoms with Crippen molar-refractivity contribution in [3.63, 3.8) is 0 Å². The summed E-state index contributed by atoms with van der Waals surface area (Å²) in [6.45, 7) is 9.29. The number of rotatable bonds is 7. The van der Waals surface area contributed by atoms with Crippen LogP contribution in [0.1, 0.15) is 69.9 Å². The summed E-state index contributed by atoms with van der Waals surface area (Å²) in [7, 11) is 0. The fourth-order valence-corrected chi connectivity index (χ4v) is 3.03. The summed E-state index contributed by atoms with van der Waals surface area (Å²) in [5, 5.41) is 3.54. The third-order valence-electron chi connectivity index (χ3n) is 4.59. The smallest absolute Gasteiger partial charge is 0.00406 e. The van der Waals surface area contributed by atoms with E-state index in [1.807, 2.05) is 0 Å². The summed E-state index contributed by atoms with van der Waals surface area (Å²) in [4.78, 5) is 0. The molecule has 1 fully saturated rings. The Morgan fingerprint density at radius 3 is 2.53 bits per heavy atom. The second kappa shape index (κ2) is 6.56. The Balaban J connectivity index is 2.05. The number of hydrogen-bond acceptors (Lipinski definition) is 1. The molecular weight excluding hydrogens is 230 g/mol. The summed E-state index contributed by atoms with van der Waals surface area (Å²) in [6, 6.07) is 9.13. The maximum atomic E-state index is 3.54. The van der Waals surface area contributed by atoms with Gasteiger partial charge >= 0.3 is 0 Å². The molecule has 19 heavy (non-hydrogen) atoms. The highest BCUT2D eigenvalue weighted by atomic mass is 14.8. The van der Waals surface area contributed by atoms with E-state index in [0.29, 0.717) is 0 Å². The van der Waals surface area contributed by atoms with Gasteiger partial charge in [0.25, 0.3) is 0 Å². The van der Waals surface area contributed by atoms with Gasteiger partial charge in [0, 0.05) is 0 Å². The van der Waals surface area contributed by atoms with E-state index in [1.54, 1.807) is 11.1 Å². The molecule has 0 atom stereocenters. The molecular formula is C18H29N. The van der Waals surface area contributed by atoms with E-state index in [9.17, 15) is 0 Å². The average Bonchev–Trinajstić information content (AvgIpc) is 2.33. The first kappa shape index (κ1) is 14.6. The van der Waals surface area contributed by atoms with Crippen LogP contribution < -0.4 is 5.32 Å². The van der Waals surface area contributed by atoms with Crippen LogP contribution in [-0.4, -0.2) is 13.1 Å². The number of hydrogen-bond donors (Lipinski definition) is 1. The third-order valence-corrected chi connectivity index (χ3v) is 4.59. The first-order valence-corrected chi connectivity index (χ1v) is 7.95. The molecule has 0 radical (unpaired) electrons. The van der Waals surface area contributed by atoms with Crippen LogP contribution in [0.25, 0.3) is 0 Å². The molecule has 1 heteroatoms. The SMILES string of the molecule is CCCNCCC(C)(C)c1ccccc1C1CCC1. The topological polar surface area (TPSA) is 12.0 Å². The zero-order chi connectivity index (χ0) is 13.7. The molecule has 1 N–H and O–H groups in total. The van der Waals surface area contributed by atoms with Gasteiger partial charge in [-0.15, -0.1) is 0 Å². The Kier molecular flexibility index (Phi) is 5.04. The molecule has 0 heterocycles. The van der Waals surface area contributed by atoms with Crippen LogP contribution in [0.15, 0.2) is 24.3 Å². The van der Waals surface area contributed by atoms with E-state index in [2.05, 4.69) is 50.4 Å². The maximum Gasteiger partial charge on any atom is -0.00406 e. The summed E-state index contributed by atoms with van der Waals surface area (Å²) < 4.78 is 0. The summed E-state index contributed by atoms with van der Waals surface area (Å²) in [5.41, 5.74) is 3.49. The van der Waals surface area contributed by atoms with Crippen molar-refractivity contribution >= 4 is 0 Å². The Bertz CT molecular complexity index is 390. The van der Waals surface area contributed by atoms with Crippen LogP contribution >= 0.6 is 0 Å². The van der Waals surface area contributed by atoms with Crippen molar-refractivity contribution in [3.05, 3.63) is 35.4 Å². The van der Waals surface area contributed by atoms with Gasteiger partial charge in [0.1, 0.15) is 0 Å². The van der Waals surface area contributed by atoms with Crippen molar-refractivity contribution in [1.82, 2.24) is 5.32 Å². The lowest BCUT2D eigenvalue weighted by atomic mass is 9.71. The van der Waals surface area contributed by atoms with E-state index in [4.69, 9.17) is 0 Å². The Morgan fingerprint density at radius 1 is 1.16 bits per heavy atom. The molecule has 1 aliphatic carbocycles. The molecule has 1 aromatic carbocycles. The quantitative estimate of drug-likeness (QED) is 0.704. The molecule has 1 aliphatic rings. The van der Waals surface area contributed by atoms with Crippen LogP contribution in [0.5, 0.6) is 0 Å². The normalized spacial score (nSPS) is 16.4. The number of benzene rings is 1. The molecule has 0 aliphatic heterocycles. The van der Waals surface area contributed by atoms with Crippen LogP contribution in [0, 0.1) is 0 Å². The van der Waals surface area contributed by atoms with Crippen molar-refractivity contribution < 1.29 is 0 Å². The van der Waals surface area contributed by atoms with Gasteiger partial charge < -0.3 is 5.32 Å². The first-order valence-electron chi connectivity index (χ1n) is 7.95. The van der Waals surface area contributed by atoms with Crippen molar-refractivity contribution in [3.8, 4) is 0 Å². The van der Waals surface area contributed by atoms with Gasteiger partial charge in [0.2, 0.25) is 0 Å². The van der Waals surface area contributed by atoms with Crippen molar-refractivity contribution in [2.75, 3.05) is 13.1 Å². The molecule has 2 rings (SSSR count). The molecule has 1 saturated carbocycles. The molecule has 1 nitrogen and oxygen atoms in total. The summed E-state index contributed by atoms with van der Waals surface area (Å²) in [6.07, 6.45) is 6.63. The molecule has 0 unspecified atom stereocenters. The van der Waals surface area contributed by atoms with E-state index in [1.165, 1.54) is 32.1 Å². The lowest BCUT2D eigenvalue weighted by Gasteiger charge is -2.34. The first-order chi connectivity index (χ1) is 9.15. The maximum absolute atomic E-state index is 3.54. The van der Waals surface area contributed by atoms with Crippen LogP contribution in [0.2, 0.25) is 0 Å².